The number of hydrogen-bond acceptors (Lipinski definition) is 4. The molecular formula is C15H12ClF4N3O3S. The van der Waals surface area contributed by atoms with Crippen LogP contribution in [-0.4, -0.2) is 33.3 Å². The van der Waals surface area contributed by atoms with Crippen LogP contribution >= 0.6 is 23.8 Å². The Kier molecular flexibility index (Phi) is 5.66. The highest BCUT2D eigenvalue weighted by Gasteiger charge is 2.35. The summed E-state index contributed by atoms with van der Waals surface area (Å²) < 4.78 is 58.8. The molecule has 1 heterocycles. The number of benzene rings is 1. The Morgan fingerprint density at radius 1 is 1.22 bits per heavy atom. The van der Waals surface area contributed by atoms with Gasteiger partial charge in [0.15, 0.2) is 5.75 Å². The van der Waals surface area contributed by atoms with E-state index in [0.717, 1.165) is 19.2 Å². The number of aromatic nitrogens is 2. The SMILES string of the molecule is CN(C)C(=S)Oc1cc(-n2c(=O)cc(C(F)(F)F)n(C)c2=O)c(F)cc1Cl. The third-order valence-corrected chi connectivity index (χ3v) is 4.16. The Bertz CT molecular complexity index is 1030. The molecule has 0 saturated heterocycles. The van der Waals surface area contributed by atoms with E-state index in [9.17, 15) is 27.2 Å². The second kappa shape index (κ2) is 7.31. The van der Waals surface area contributed by atoms with Crippen molar-refractivity contribution in [3.8, 4) is 11.4 Å². The van der Waals surface area contributed by atoms with Crippen molar-refractivity contribution < 1.29 is 22.3 Å². The molecule has 0 radical (unpaired) electrons. The highest BCUT2D eigenvalue weighted by atomic mass is 35.5. The summed E-state index contributed by atoms with van der Waals surface area (Å²) in [7, 11) is 3.95. The summed E-state index contributed by atoms with van der Waals surface area (Å²) in [6.45, 7) is 0. The van der Waals surface area contributed by atoms with Gasteiger partial charge in [0.25, 0.3) is 10.7 Å². The van der Waals surface area contributed by atoms with Crippen LogP contribution in [0.5, 0.6) is 5.75 Å². The van der Waals surface area contributed by atoms with Crippen LogP contribution < -0.4 is 16.0 Å². The first-order valence-corrected chi connectivity index (χ1v) is 7.92. The Morgan fingerprint density at radius 3 is 2.33 bits per heavy atom. The molecule has 6 nitrogen and oxygen atoms in total. The molecular weight excluding hydrogens is 414 g/mol. The van der Waals surface area contributed by atoms with E-state index >= 15 is 0 Å². The fourth-order valence-corrected chi connectivity index (χ4v) is 2.35. The normalized spacial score (nSPS) is 11.4. The van der Waals surface area contributed by atoms with E-state index in [1.165, 1.54) is 4.90 Å². The van der Waals surface area contributed by atoms with E-state index in [4.69, 9.17) is 28.6 Å². The van der Waals surface area contributed by atoms with Gasteiger partial charge in [0, 0.05) is 33.3 Å². The van der Waals surface area contributed by atoms with Gasteiger partial charge in [-0.3, -0.25) is 9.36 Å². The zero-order valence-electron chi connectivity index (χ0n) is 14.1. The number of thiocarbonyl (C=S) groups is 1. The van der Waals surface area contributed by atoms with Crippen molar-refractivity contribution in [2.75, 3.05) is 14.1 Å². The summed E-state index contributed by atoms with van der Waals surface area (Å²) in [4.78, 5) is 25.8. The standard InChI is InChI=1S/C15H12ClF4N3O3S/c1-21(2)14(27)26-10-5-9(8(17)4-7(10)16)23-12(24)6-11(15(18,19)20)22(3)13(23)25/h4-6H,1-3H3. The Morgan fingerprint density at radius 2 is 1.81 bits per heavy atom. The lowest BCUT2D eigenvalue weighted by atomic mass is 10.2. The average Bonchev–Trinajstić information content (AvgIpc) is 2.53. The fraction of sp³-hybridized carbons (Fsp3) is 0.267. The molecule has 12 heteroatoms. The van der Waals surface area contributed by atoms with Crippen molar-refractivity contribution in [3.63, 3.8) is 0 Å². The largest absolute Gasteiger partial charge is 0.431 e. The lowest BCUT2D eigenvalue weighted by molar-refractivity contribution is -0.144. The lowest BCUT2D eigenvalue weighted by Crippen LogP contribution is -2.41. The monoisotopic (exact) mass is 425 g/mol. The smallest absolute Gasteiger partial charge is 0.430 e. The maximum atomic E-state index is 14.3. The van der Waals surface area contributed by atoms with Crippen LogP contribution in [0.15, 0.2) is 27.8 Å². The molecule has 146 valence electrons. The molecule has 0 unspecified atom stereocenters. The summed E-state index contributed by atoms with van der Waals surface area (Å²) in [5, 5.41) is -0.264. The van der Waals surface area contributed by atoms with Gasteiger partial charge in [-0.2, -0.15) is 13.2 Å². The number of hydrogen-bond donors (Lipinski definition) is 0. The molecule has 0 atom stereocenters. The molecule has 0 aliphatic rings. The molecule has 0 spiro atoms. The van der Waals surface area contributed by atoms with Gasteiger partial charge in [-0.15, -0.1) is 0 Å². The molecule has 1 aromatic carbocycles. The summed E-state index contributed by atoms with van der Waals surface area (Å²) in [5.74, 6) is -1.29. The van der Waals surface area contributed by atoms with E-state index in [1.54, 1.807) is 14.1 Å². The molecule has 0 N–H and O–H groups in total. The predicted molar refractivity (Wildman–Crippen MR) is 94.2 cm³/mol. The molecule has 2 aromatic rings. The quantitative estimate of drug-likeness (QED) is 0.547. The van der Waals surface area contributed by atoms with Crippen LogP contribution in [0.25, 0.3) is 5.69 Å². The van der Waals surface area contributed by atoms with Gasteiger partial charge in [0.05, 0.1) is 10.7 Å². The minimum Gasteiger partial charge on any atom is -0.430 e. The van der Waals surface area contributed by atoms with Crippen LogP contribution in [0.3, 0.4) is 0 Å². The molecule has 27 heavy (non-hydrogen) atoms. The Labute approximate surface area is 160 Å². The van der Waals surface area contributed by atoms with Crippen LogP contribution in [0, 0.1) is 5.82 Å². The molecule has 0 bridgehead atoms. The molecule has 1 aromatic heterocycles. The molecule has 0 aliphatic carbocycles. The number of ether oxygens (including phenoxy) is 1. The third-order valence-electron chi connectivity index (χ3n) is 3.42. The van der Waals surface area contributed by atoms with Gasteiger partial charge in [-0.25, -0.2) is 13.8 Å². The van der Waals surface area contributed by atoms with Gasteiger partial charge in [0.1, 0.15) is 11.5 Å². The predicted octanol–water partition coefficient (Wildman–Crippen LogP) is 2.57. The first kappa shape index (κ1) is 20.9. The van der Waals surface area contributed by atoms with Gasteiger partial charge in [0.2, 0.25) is 0 Å². The molecule has 0 saturated carbocycles. The lowest BCUT2D eigenvalue weighted by Gasteiger charge is -2.17. The van der Waals surface area contributed by atoms with Crippen molar-refractivity contribution >= 4 is 29.0 Å². The number of alkyl halides is 3. The number of nitrogens with zero attached hydrogens (tertiary/aromatic N) is 3. The average molecular weight is 426 g/mol. The fourth-order valence-electron chi connectivity index (χ4n) is 2.07. The zero-order valence-corrected chi connectivity index (χ0v) is 15.7. The topological polar surface area (TPSA) is 56.5 Å². The van der Waals surface area contributed by atoms with E-state index in [1.807, 2.05) is 0 Å². The maximum Gasteiger partial charge on any atom is 0.431 e. The van der Waals surface area contributed by atoms with E-state index < -0.39 is 34.6 Å². The summed E-state index contributed by atoms with van der Waals surface area (Å²) >= 11 is 10.8. The van der Waals surface area contributed by atoms with Crippen LogP contribution in [0.4, 0.5) is 17.6 Å². The summed E-state index contributed by atoms with van der Waals surface area (Å²) in [6, 6.07) is 1.86. The Hall–Kier alpha value is -2.40. The first-order valence-electron chi connectivity index (χ1n) is 7.13. The van der Waals surface area contributed by atoms with Gasteiger partial charge in [-0.05, 0) is 18.3 Å². The van der Waals surface area contributed by atoms with Crippen molar-refractivity contribution in [3.05, 3.63) is 55.6 Å². The Balaban J connectivity index is 2.73. The van der Waals surface area contributed by atoms with E-state index in [0.29, 0.717) is 0 Å². The minimum absolute atomic E-state index is 0.0536. The van der Waals surface area contributed by atoms with Gasteiger partial charge in [-0.1, -0.05) is 11.6 Å². The van der Waals surface area contributed by atoms with Crippen molar-refractivity contribution in [1.29, 1.82) is 0 Å². The van der Waals surface area contributed by atoms with Crippen LogP contribution in [-0.2, 0) is 13.2 Å². The second-order valence-electron chi connectivity index (χ2n) is 5.54. The number of rotatable bonds is 2. The van der Waals surface area contributed by atoms with Gasteiger partial charge >= 0.3 is 11.9 Å². The summed E-state index contributed by atoms with van der Waals surface area (Å²) in [6.07, 6.45) is -4.93. The zero-order chi connectivity index (χ0) is 20.7. The minimum atomic E-state index is -4.93. The first-order chi connectivity index (χ1) is 12.3. The molecule has 2 rings (SSSR count). The van der Waals surface area contributed by atoms with Crippen LogP contribution in [0.1, 0.15) is 5.69 Å². The van der Waals surface area contributed by atoms with Crippen molar-refractivity contribution in [2.45, 2.75) is 6.18 Å². The number of halogens is 5. The molecule has 0 aliphatic heterocycles. The van der Waals surface area contributed by atoms with Crippen molar-refractivity contribution in [2.24, 2.45) is 7.05 Å². The van der Waals surface area contributed by atoms with E-state index in [2.05, 4.69) is 0 Å². The van der Waals surface area contributed by atoms with E-state index in [-0.39, 0.29) is 31.1 Å². The second-order valence-corrected chi connectivity index (χ2v) is 6.30. The maximum absolute atomic E-state index is 14.3. The molecule has 0 fully saturated rings. The molecule has 0 amide bonds. The third kappa shape index (κ3) is 4.14. The highest BCUT2D eigenvalue weighted by Crippen LogP contribution is 2.30. The highest BCUT2D eigenvalue weighted by molar-refractivity contribution is 7.80. The van der Waals surface area contributed by atoms with Crippen molar-refractivity contribution in [1.82, 2.24) is 14.0 Å². The van der Waals surface area contributed by atoms with Crippen LogP contribution in [0.2, 0.25) is 5.02 Å². The van der Waals surface area contributed by atoms with Gasteiger partial charge < -0.3 is 9.64 Å². The summed E-state index contributed by atoms with van der Waals surface area (Å²) in [5.41, 5.74) is -4.85.